The van der Waals surface area contributed by atoms with Crippen LogP contribution < -0.4 is 0 Å². The van der Waals surface area contributed by atoms with Gasteiger partial charge in [0.05, 0.1) is 0 Å². The Hall–Kier alpha value is -0.0400. The van der Waals surface area contributed by atoms with Crippen molar-refractivity contribution in [2.24, 2.45) is 0 Å². The summed E-state index contributed by atoms with van der Waals surface area (Å²) >= 11 is 3.67. The van der Waals surface area contributed by atoms with Gasteiger partial charge in [0.25, 0.3) is 0 Å². The molecule has 0 nitrogen and oxygen atoms in total. The van der Waals surface area contributed by atoms with E-state index in [4.69, 9.17) is 0 Å². The van der Waals surface area contributed by atoms with Crippen molar-refractivity contribution in [3.63, 3.8) is 0 Å². The van der Waals surface area contributed by atoms with Crippen LogP contribution in [0.3, 0.4) is 0 Å². The summed E-state index contributed by atoms with van der Waals surface area (Å²) in [6.07, 6.45) is 9.60. The fourth-order valence-electron chi connectivity index (χ4n) is 0.954. The topological polar surface area (TPSA) is 0 Å². The summed E-state index contributed by atoms with van der Waals surface area (Å²) < 4.78 is 0.244. The molecule has 0 aliphatic heterocycles. The Balaban J connectivity index is 3.62. The SMILES string of the molecule is C=CCC(C)(Br)CCC=CC. The van der Waals surface area contributed by atoms with Crippen LogP contribution in [0.4, 0.5) is 0 Å². The zero-order valence-electron chi connectivity index (χ0n) is 7.44. The van der Waals surface area contributed by atoms with E-state index in [1.165, 1.54) is 6.42 Å². The summed E-state index contributed by atoms with van der Waals surface area (Å²) in [5.74, 6) is 0. The molecule has 0 N–H and O–H groups in total. The van der Waals surface area contributed by atoms with Crippen molar-refractivity contribution in [2.75, 3.05) is 0 Å². The van der Waals surface area contributed by atoms with Gasteiger partial charge in [-0.1, -0.05) is 34.2 Å². The molecule has 11 heavy (non-hydrogen) atoms. The molecule has 0 amide bonds. The quantitative estimate of drug-likeness (QED) is 0.481. The van der Waals surface area contributed by atoms with E-state index in [9.17, 15) is 0 Å². The van der Waals surface area contributed by atoms with Crippen LogP contribution in [0, 0.1) is 0 Å². The molecule has 0 saturated heterocycles. The number of hydrogen-bond donors (Lipinski definition) is 0. The first-order valence-corrected chi connectivity index (χ1v) is 4.82. The van der Waals surface area contributed by atoms with E-state index in [1.54, 1.807) is 0 Å². The van der Waals surface area contributed by atoms with Gasteiger partial charge in [-0.2, -0.15) is 0 Å². The van der Waals surface area contributed by atoms with Crippen molar-refractivity contribution in [1.82, 2.24) is 0 Å². The minimum Gasteiger partial charge on any atom is -0.103 e. The zero-order valence-corrected chi connectivity index (χ0v) is 9.02. The Bertz CT molecular complexity index is 134. The third-order valence-corrected chi connectivity index (χ3v) is 2.36. The highest BCUT2D eigenvalue weighted by Gasteiger charge is 2.16. The predicted molar refractivity (Wildman–Crippen MR) is 56.2 cm³/mol. The summed E-state index contributed by atoms with van der Waals surface area (Å²) in [7, 11) is 0. The van der Waals surface area contributed by atoms with Crippen molar-refractivity contribution in [1.29, 1.82) is 0 Å². The maximum Gasteiger partial charge on any atom is 0.0267 e. The van der Waals surface area contributed by atoms with Crippen LogP contribution in [-0.2, 0) is 0 Å². The lowest BCUT2D eigenvalue weighted by Crippen LogP contribution is -2.13. The lowest BCUT2D eigenvalue weighted by atomic mass is 10.0. The van der Waals surface area contributed by atoms with Crippen molar-refractivity contribution in [2.45, 2.75) is 37.4 Å². The molecule has 0 rings (SSSR count). The molecule has 1 unspecified atom stereocenters. The van der Waals surface area contributed by atoms with E-state index in [2.05, 4.69) is 48.5 Å². The monoisotopic (exact) mass is 216 g/mol. The van der Waals surface area contributed by atoms with Crippen LogP contribution in [0.5, 0.6) is 0 Å². The summed E-state index contributed by atoms with van der Waals surface area (Å²) in [5.41, 5.74) is 0. The first-order chi connectivity index (χ1) is 5.12. The van der Waals surface area contributed by atoms with Gasteiger partial charge in [0.1, 0.15) is 0 Å². The molecule has 0 aliphatic rings. The molecule has 1 heteroatoms. The average molecular weight is 217 g/mol. The molecule has 0 spiro atoms. The second-order valence-corrected chi connectivity index (χ2v) is 4.93. The standard InChI is InChI=1S/C10H17Br/c1-4-6-7-9-10(3,11)8-5-2/h4-6H,2,7-9H2,1,3H3. The van der Waals surface area contributed by atoms with Crippen LogP contribution in [0.2, 0.25) is 0 Å². The van der Waals surface area contributed by atoms with E-state index < -0.39 is 0 Å². The molecule has 0 aromatic heterocycles. The summed E-state index contributed by atoms with van der Waals surface area (Å²) in [4.78, 5) is 0. The van der Waals surface area contributed by atoms with Gasteiger partial charge in [0, 0.05) is 4.32 Å². The molecule has 1 atom stereocenters. The highest BCUT2D eigenvalue weighted by Crippen LogP contribution is 2.27. The number of hydrogen-bond acceptors (Lipinski definition) is 0. The van der Waals surface area contributed by atoms with Gasteiger partial charge in [0.2, 0.25) is 0 Å². The zero-order chi connectivity index (χ0) is 8.74. The first kappa shape index (κ1) is 11.0. The van der Waals surface area contributed by atoms with Gasteiger partial charge < -0.3 is 0 Å². The smallest absolute Gasteiger partial charge is 0.0267 e. The third-order valence-electron chi connectivity index (χ3n) is 1.64. The Morgan fingerprint density at radius 2 is 2.18 bits per heavy atom. The second kappa shape index (κ2) is 5.59. The predicted octanol–water partition coefficient (Wildman–Crippen LogP) is 4.07. The van der Waals surface area contributed by atoms with E-state index in [1.807, 2.05) is 6.08 Å². The van der Waals surface area contributed by atoms with E-state index in [0.29, 0.717) is 0 Å². The van der Waals surface area contributed by atoms with Gasteiger partial charge in [-0.15, -0.1) is 6.58 Å². The molecule has 0 heterocycles. The second-order valence-electron chi connectivity index (χ2n) is 3.01. The summed E-state index contributed by atoms with van der Waals surface area (Å²) in [5, 5.41) is 0. The molecule has 0 bridgehead atoms. The molecule has 0 aliphatic carbocycles. The lowest BCUT2D eigenvalue weighted by molar-refractivity contribution is 0.614. The van der Waals surface area contributed by atoms with E-state index >= 15 is 0 Å². The highest BCUT2D eigenvalue weighted by molar-refractivity contribution is 9.10. The Labute approximate surface area is 78.5 Å². The molecule has 0 aromatic carbocycles. The van der Waals surface area contributed by atoms with Crippen molar-refractivity contribution < 1.29 is 0 Å². The van der Waals surface area contributed by atoms with Gasteiger partial charge in [-0.25, -0.2) is 0 Å². The number of halogens is 1. The Kier molecular flexibility index (Phi) is 5.57. The van der Waals surface area contributed by atoms with Gasteiger partial charge in [0.15, 0.2) is 0 Å². The number of allylic oxidation sites excluding steroid dienone is 3. The van der Waals surface area contributed by atoms with Crippen molar-refractivity contribution >= 4 is 15.9 Å². The van der Waals surface area contributed by atoms with Crippen LogP contribution in [0.1, 0.15) is 33.1 Å². The maximum absolute atomic E-state index is 3.73. The minimum absolute atomic E-state index is 0.244. The normalized spacial score (nSPS) is 16.6. The minimum atomic E-state index is 0.244. The molecule has 0 fully saturated rings. The molecule has 0 saturated carbocycles. The average Bonchev–Trinajstić information content (AvgIpc) is 1.87. The van der Waals surface area contributed by atoms with Crippen molar-refractivity contribution in [3.05, 3.63) is 24.8 Å². The van der Waals surface area contributed by atoms with Gasteiger partial charge >= 0.3 is 0 Å². The molecular formula is C10H17Br. The van der Waals surface area contributed by atoms with Gasteiger partial charge in [-0.3, -0.25) is 0 Å². The Morgan fingerprint density at radius 1 is 1.55 bits per heavy atom. The number of alkyl halides is 1. The lowest BCUT2D eigenvalue weighted by Gasteiger charge is -2.19. The fourth-order valence-corrected chi connectivity index (χ4v) is 1.41. The van der Waals surface area contributed by atoms with E-state index in [-0.39, 0.29) is 4.32 Å². The fraction of sp³-hybridized carbons (Fsp3) is 0.600. The van der Waals surface area contributed by atoms with Crippen LogP contribution in [0.25, 0.3) is 0 Å². The largest absolute Gasteiger partial charge is 0.103 e. The first-order valence-electron chi connectivity index (χ1n) is 4.03. The molecule has 0 radical (unpaired) electrons. The third kappa shape index (κ3) is 6.36. The summed E-state index contributed by atoms with van der Waals surface area (Å²) in [6.45, 7) is 7.99. The van der Waals surface area contributed by atoms with Crippen molar-refractivity contribution in [3.8, 4) is 0 Å². The number of rotatable bonds is 5. The molecule has 0 aromatic rings. The Morgan fingerprint density at radius 3 is 2.64 bits per heavy atom. The van der Waals surface area contributed by atoms with Crippen LogP contribution in [0.15, 0.2) is 24.8 Å². The molecular weight excluding hydrogens is 200 g/mol. The highest BCUT2D eigenvalue weighted by atomic mass is 79.9. The maximum atomic E-state index is 3.73. The van der Waals surface area contributed by atoms with E-state index in [0.717, 1.165) is 12.8 Å². The molecule has 64 valence electrons. The van der Waals surface area contributed by atoms with Crippen LogP contribution >= 0.6 is 15.9 Å². The summed E-state index contributed by atoms with van der Waals surface area (Å²) in [6, 6.07) is 0. The van der Waals surface area contributed by atoms with Gasteiger partial charge in [-0.05, 0) is 33.1 Å². The van der Waals surface area contributed by atoms with Crippen LogP contribution in [-0.4, -0.2) is 4.32 Å².